The van der Waals surface area contributed by atoms with Gasteiger partial charge < -0.3 is 4.98 Å². The topological polar surface area (TPSA) is 56.4 Å². The summed E-state index contributed by atoms with van der Waals surface area (Å²) in [6, 6.07) is 15.4. The van der Waals surface area contributed by atoms with Gasteiger partial charge in [-0.1, -0.05) is 35.9 Å². The van der Waals surface area contributed by atoms with Crippen LogP contribution in [-0.4, -0.2) is 48.8 Å². The van der Waals surface area contributed by atoms with Gasteiger partial charge in [0.2, 0.25) is 10.0 Å². The van der Waals surface area contributed by atoms with E-state index < -0.39 is 10.0 Å². The Morgan fingerprint density at radius 1 is 0.963 bits per heavy atom. The summed E-state index contributed by atoms with van der Waals surface area (Å²) in [4.78, 5) is 6.00. The Labute approximate surface area is 166 Å². The van der Waals surface area contributed by atoms with Crippen molar-refractivity contribution in [3.8, 4) is 0 Å². The molecule has 144 valence electrons. The summed E-state index contributed by atoms with van der Waals surface area (Å²) in [5, 5.41) is 1.24. The molecule has 1 aromatic heterocycles. The quantitative estimate of drug-likeness (QED) is 0.723. The molecule has 0 saturated carbocycles. The summed E-state index contributed by atoms with van der Waals surface area (Å²) in [6.45, 7) is 5.33. The normalized spacial score (nSPS) is 16.3. The van der Waals surface area contributed by atoms with Crippen molar-refractivity contribution in [2.75, 3.05) is 26.2 Å². The number of hydrogen-bond donors (Lipinski definition) is 1. The van der Waals surface area contributed by atoms with E-state index in [2.05, 4.69) is 28.2 Å². The number of benzene rings is 2. The van der Waals surface area contributed by atoms with Crippen molar-refractivity contribution >= 4 is 33.3 Å². The lowest BCUT2D eigenvalue weighted by atomic mass is 10.1. The highest BCUT2D eigenvalue weighted by Crippen LogP contribution is 2.22. The standard InChI is InChI=1S/C20H23N3O2S.ClH/c1-16-6-8-18(9-7-16)26(24,25)23-12-10-22(11-13-23)15-17-14-21-20-5-3-2-4-19(17)20;/h2-9,14,21H,10-13,15H2,1H3;1H. The number of aromatic amines is 1. The number of hydrogen-bond acceptors (Lipinski definition) is 3. The first-order valence-electron chi connectivity index (χ1n) is 8.88. The zero-order chi connectivity index (χ0) is 18.1. The van der Waals surface area contributed by atoms with E-state index in [1.165, 1.54) is 10.9 Å². The lowest BCUT2D eigenvalue weighted by molar-refractivity contribution is 0.182. The lowest BCUT2D eigenvalue weighted by Crippen LogP contribution is -2.48. The van der Waals surface area contributed by atoms with Crippen LogP contribution < -0.4 is 0 Å². The monoisotopic (exact) mass is 405 g/mol. The molecule has 1 aliphatic heterocycles. The van der Waals surface area contributed by atoms with E-state index in [1.54, 1.807) is 16.4 Å². The third kappa shape index (κ3) is 4.04. The first-order valence-corrected chi connectivity index (χ1v) is 10.3. The van der Waals surface area contributed by atoms with Crippen LogP contribution in [-0.2, 0) is 16.6 Å². The van der Waals surface area contributed by atoms with E-state index in [1.807, 2.05) is 31.2 Å². The molecule has 1 fully saturated rings. The Morgan fingerprint density at radius 2 is 1.63 bits per heavy atom. The molecule has 0 radical (unpaired) electrons. The molecule has 3 aromatic rings. The molecule has 0 bridgehead atoms. The van der Waals surface area contributed by atoms with Crippen LogP contribution in [0.4, 0.5) is 0 Å². The number of H-pyrrole nitrogens is 1. The zero-order valence-electron chi connectivity index (χ0n) is 15.3. The van der Waals surface area contributed by atoms with E-state index in [-0.39, 0.29) is 12.4 Å². The summed E-state index contributed by atoms with van der Waals surface area (Å²) >= 11 is 0. The average molecular weight is 406 g/mol. The maximum absolute atomic E-state index is 12.8. The Kier molecular flexibility index (Phi) is 5.91. The Hall–Kier alpha value is -1.86. The number of rotatable bonds is 4. The van der Waals surface area contributed by atoms with Crippen molar-refractivity contribution in [1.29, 1.82) is 0 Å². The molecule has 0 unspecified atom stereocenters. The van der Waals surface area contributed by atoms with Gasteiger partial charge >= 0.3 is 0 Å². The second-order valence-corrected chi connectivity index (χ2v) is 8.79. The predicted octanol–water partition coefficient (Wildman–Crippen LogP) is 3.40. The minimum atomic E-state index is -3.40. The Balaban J connectivity index is 0.00000210. The van der Waals surface area contributed by atoms with Crippen molar-refractivity contribution in [3.05, 3.63) is 65.9 Å². The second kappa shape index (κ2) is 8.02. The molecule has 1 aliphatic rings. The summed E-state index contributed by atoms with van der Waals surface area (Å²) in [5.41, 5.74) is 3.46. The molecule has 0 aliphatic carbocycles. The molecule has 1 N–H and O–H groups in total. The van der Waals surface area contributed by atoms with Crippen molar-refractivity contribution in [1.82, 2.24) is 14.2 Å². The van der Waals surface area contributed by atoms with Crippen LogP contribution in [0.5, 0.6) is 0 Å². The van der Waals surface area contributed by atoms with Gasteiger partial charge in [0, 0.05) is 49.8 Å². The van der Waals surface area contributed by atoms with Crippen molar-refractivity contribution in [2.45, 2.75) is 18.4 Å². The lowest BCUT2D eigenvalue weighted by Gasteiger charge is -2.33. The minimum Gasteiger partial charge on any atom is -0.361 e. The van der Waals surface area contributed by atoms with Gasteiger partial charge in [0.05, 0.1) is 4.90 Å². The number of sulfonamides is 1. The van der Waals surface area contributed by atoms with Crippen LogP contribution in [0.2, 0.25) is 0 Å². The number of piperazine rings is 1. The fraction of sp³-hybridized carbons (Fsp3) is 0.300. The van der Waals surface area contributed by atoms with E-state index in [4.69, 9.17) is 0 Å². The summed E-state index contributed by atoms with van der Waals surface area (Å²) < 4.78 is 27.2. The fourth-order valence-corrected chi connectivity index (χ4v) is 4.91. The maximum atomic E-state index is 12.8. The molecule has 0 spiro atoms. The van der Waals surface area contributed by atoms with Gasteiger partial charge in [0.1, 0.15) is 0 Å². The SMILES string of the molecule is Cc1ccc(S(=O)(=O)N2CCN(Cc3c[nH]c4ccccc34)CC2)cc1.Cl. The number of aromatic nitrogens is 1. The second-order valence-electron chi connectivity index (χ2n) is 6.85. The third-order valence-corrected chi connectivity index (χ3v) is 6.97. The van der Waals surface area contributed by atoms with Crippen molar-refractivity contribution in [2.24, 2.45) is 0 Å². The van der Waals surface area contributed by atoms with Crippen LogP contribution in [0.15, 0.2) is 59.6 Å². The molecule has 0 amide bonds. The van der Waals surface area contributed by atoms with Crippen LogP contribution in [0.25, 0.3) is 10.9 Å². The largest absolute Gasteiger partial charge is 0.361 e. The maximum Gasteiger partial charge on any atom is 0.243 e. The molecule has 1 saturated heterocycles. The first-order chi connectivity index (χ1) is 12.5. The predicted molar refractivity (Wildman–Crippen MR) is 111 cm³/mol. The molecule has 0 atom stereocenters. The van der Waals surface area contributed by atoms with Crippen LogP contribution in [0.3, 0.4) is 0 Å². The highest BCUT2D eigenvalue weighted by atomic mass is 35.5. The molecular weight excluding hydrogens is 382 g/mol. The number of aryl methyl sites for hydroxylation is 1. The van der Waals surface area contributed by atoms with Gasteiger partial charge in [-0.05, 0) is 30.7 Å². The molecule has 5 nitrogen and oxygen atoms in total. The van der Waals surface area contributed by atoms with Crippen molar-refractivity contribution in [3.63, 3.8) is 0 Å². The highest BCUT2D eigenvalue weighted by Gasteiger charge is 2.28. The number of para-hydroxylation sites is 1. The smallest absolute Gasteiger partial charge is 0.243 e. The van der Waals surface area contributed by atoms with E-state index in [9.17, 15) is 8.42 Å². The van der Waals surface area contributed by atoms with Gasteiger partial charge in [-0.2, -0.15) is 4.31 Å². The average Bonchev–Trinajstić information content (AvgIpc) is 3.06. The number of nitrogens with zero attached hydrogens (tertiary/aromatic N) is 2. The van der Waals surface area contributed by atoms with Crippen LogP contribution in [0, 0.1) is 6.92 Å². The number of halogens is 1. The minimum absolute atomic E-state index is 0. The highest BCUT2D eigenvalue weighted by molar-refractivity contribution is 7.89. The van der Waals surface area contributed by atoms with Gasteiger partial charge in [-0.3, -0.25) is 4.90 Å². The Morgan fingerprint density at radius 3 is 2.33 bits per heavy atom. The molecule has 7 heteroatoms. The third-order valence-electron chi connectivity index (χ3n) is 5.06. The Bertz CT molecular complexity index is 1010. The number of fused-ring (bicyclic) bond motifs is 1. The summed E-state index contributed by atoms with van der Waals surface area (Å²) in [5.74, 6) is 0. The van der Waals surface area contributed by atoms with E-state index in [0.717, 1.165) is 30.7 Å². The molecule has 2 aromatic carbocycles. The summed E-state index contributed by atoms with van der Waals surface area (Å²) in [6.07, 6.45) is 2.06. The van der Waals surface area contributed by atoms with Crippen molar-refractivity contribution < 1.29 is 8.42 Å². The van der Waals surface area contributed by atoms with Gasteiger partial charge in [-0.15, -0.1) is 12.4 Å². The van der Waals surface area contributed by atoms with Gasteiger partial charge in [-0.25, -0.2) is 8.42 Å². The molecule has 4 rings (SSSR count). The van der Waals surface area contributed by atoms with Crippen LogP contribution >= 0.6 is 12.4 Å². The first kappa shape index (κ1) is 19.9. The van der Waals surface area contributed by atoms with E-state index in [0.29, 0.717) is 18.0 Å². The molecular formula is C20H24ClN3O2S. The summed E-state index contributed by atoms with van der Waals surface area (Å²) in [7, 11) is -3.40. The number of nitrogens with one attached hydrogen (secondary N) is 1. The van der Waals surface area contributed by atoms with Crippen LogP contribution in [0.1, 0.15) is 11.1 Å². The fourth-order valence-electron chi connectivity index (χ4n) is 3.49. The van der Waals surface area contributed by atoms with Gasteiger partial charge in [0.25, 0.3) is 0 Å². The van der Waals surface area contributed by atoms with E-state index >= 15 is 0 Å². The van der Waals surface area contributed by atoms with Gasteiger partial charge in [0.15, 0.2) is 0 Å². The molecule has 2 heterocycles. The zero-order valence-corrected chi connectivity index (χ0v) is 16.9. The molecule has 27 heavy (non-hydrogen) atoms.